The smallest absolute Gasteiger partial charge is 0.256 e. The highest BCUT2D eigenvalue weighted by Gasteiger charge is 2.14. The van der Waals surface area contributed by atoms with Gasteiger partial charge in [-0.3, -0.25) is 0 Å². The van der Waals surface area contributed by atoms with Crippen LogP contribution in [0.15, 0.2) is 24.3 Å². The molecule has 0 aliphatic rings. The van der Waals surface area contributed by atoms with Gasteiger partial charge in [0.1, 0.15) is 0 Å². The molecule has 0 radical (unpaired) electrons. The highest BCUT2D eigenvalue weighted by Crippen LogP contribution is 2.11. The number of sulfonamides is 1. The van der Waals surface area contributed by atoms with Gasteiger partial charge in [0.15, 0.2) is 0 Å². The van der Waals surface area contributed by atoms with Crippen molar-refractivity contribution in [3.8, 4) is 0 Å². The van der Waals surface area contributed by atoms with Gasteiger partial charge in [-0.25, -0.2) is 18.1 Å². The number of anilines is 1. The summed E-state index contributed by atoms with van der Waals surface area (Å²) in [5.74, 6) is -0.236. The van der Waals surface area contributed by atoms with E-state index in [9.17, 15) is 8.42 Å². The minimum atomic E-state index is -3.61. The minimum absolute atomic E-state index is 0.0370. The van der Waals surface area contributed by atoms with E-state index in [4.69, 9.17) is 5.11 Å². The highest BCUT2D eigenvalue weighted by atomic mass is 32.2. The zero-order chi connectivity index (χ0) is 15.5. The van der Waals surface area contributed by atoms with Crippen molar-refractivity contribution < 1.29 is 13.5 Å². The lowest BCUT2D eigenvalue weighted by atomic mass is 10.2. The molecule has 2 aromatic rings. The molecule has 21 heavy (non-hydrogen) atoms. The Labute approximate surface area is 123 Å². The molecule has 2 N–H and O–H groups in total. The Morgan fingerprint density at radius 1 is 1.05 bits per heavy atom. The quantitative estimate of drug-likeness (QED) is 0.851. The molecule has 0 saturated carbocycles. The van der Waals surface area contributed by atoms with E-state index in [0.717, 1.165) is 5.56 Å². The van der Waals surface area contributed by atoms with Gasteiger partial charge >= 0.3 is 0 Å². The van der Waals surface area contributed by atoms with Crippen molar-refractivity contribution in [1.29, 1.82) is 0 Å². The highest BCUT2D eigenvalue weighted by molar-refractivity contribution is 7.91. The average molecular weight is 308 g/mol. The fourth-order valence-electron chi connectivity index (χ4n) is 1.64. The van der Waals surface area contributed by atoms with Crippen LogP contribution < -0.4 is 4.72 Å². The number of nitrogens with zero attached hydrogens (tertiary/aromatic N) is 3. The fourth-order valence-corrected chi connectivity index (χ4v) is 2.70. The summed E-state index contributed by atoms with van der Waals surface area (Å²) in [7, 11) is -3.61. The summed E-state index contributed by atoms with van der Waals surface area (Å²) in [6.07, 6.45) is 0. The number of aromatic nitrogens is 3. The predicted molar refractivity (Wildman–Crippen MR) is 77.9 cm³/mol. The standard InChI is InChI=1S/C13H16N4O3S/c1-9-10(2)15-16-13(14-9)17-21(19,20)8-12-5-3-11(7-18)4-6-12/h3-6,18H,7-8H2,1-2H3,(H,14,16,17). The largest absolute Gasteiger partial charge is 0.392 e. The van der Waals surface area contributed by atoms with Gasteiger partial charge in [0.25, 0.3) is 5.95 Å². The Morgan fingerprint density at radius 3 is 2.24 bits per heavy atom. The first-order valence-corrected chi connectivity index (χ1v) is 7.92. The van der Waals surface area contributed by atoms with Crippen molar-refractivity contribution in [3.05, 3.63) is 46.8 Å². The third-order valence-electron chi connectivity index (χ3n) is 2.90. The first kappa shape index (κ1) is 15.3. The van der Waals surface area contributed by atoms with E-state index in [0.29, 0.717) is 17.0 Å². The topological polar surface area (TPSA) is 105 Å². The second-order valence-electron chi connectivity index (χ2n) is 4.64. The summed E-state index contributed by atoms with van der Waals surface area (Å²) in [6.45, 7) is 3.40. The van der Waals surface area contributed by atoms with E-state index < -0.39 is 10.0 Å². The first-order chi connectivity index (χ1) is 9.89. The van der Waals surface area contributed by atoms with Crippen molar-refractivity contribution in [2.24, 2.45) is 0 Å². The lowest BCUT2D eigenvalue weighted by Crippen LogP contribution is -2.18. The number of hydrogen-bond acceptors (Lipinski definition) is 6. The third kappa shape index (κ3) is 4.20. The van der Waals surface area contributed by atoms with Crippen LogP contribution in [0, 0.1) is 13.8 Å². The van der Waals surface area contributed by atoms with Gasteiger partial charge in [-0.2, -0.15) is 5.10 Å². The third-order valence-corrected chi connectivity index (χ3v) is 4.11. The van der Waals surface area contributed by atoms with E-state index in [2.05, 4.69) is 19.9 Å². The molecule has 8 heteroatoms. The minimum Gasteiger partial charge on any atom is -0.392 e. The maximum absolute atomic E-state index is 12.1. The van der Waals surface area contributed by atoms with E-state index in [1.165, 1.54) is 0 Å². The normalized spacial score (nSPS) is 11.4. The van der Waals surface area contributed by atoms with Gasteiger partial charge in [-0.1, -0.05) is 24.3 Å². The summed E-state index contributed by atoms with van der Waals surface area (Å²) in [6, 6.07) is 6.67. The van der Waals surface area contributed by atoms with Crippen molar-refractivity contribution in [1.82, 2.24) is 15.2 Å². The van der Waals surface area contributed by atoms with Gasteiger partial charge < -0.3 is 5.11 Å². The zero-order valence-corrected chi connectivity index (χ0v) is 12.6. The Hall–Kier alpha value is -2.06. The molecule has 1 aromatic heterocycles. The van der Waals surface area contributed by atoms with Crippen LogP contribution in [0.5, 0.6) is 0 Å². The molecular weight excluding hydrogens is 292 g/mol. The maximum atomic E-state index is 12.1. The molecule has 0 atom stereocenters. The molecule has 0 aliphatic heterocycles. The average Bonchev–Trinajstić information content (AvgIpc) is 2.43. The number of benzene rings is 1. The molecule has 1 heterocycles. The van der Waals surface area contributed by atoms with E-state index in [-0.39, 0.29) is 18.3 Å². The first-order valence-electron chi connectivity index (χ1n) is 6.27. The van der Waals surface area contributed by atoms with Gasteiger partial charge in [0.2, 0.25) is 10.0 Å². The van der Waals surface area contributed by atoms with Gasteiger partial charge in [0.05, 0.1) is 23.7 Å². The van der Waals surface area contributed by atoms with Crippen molar-refractivity contribution in [2.75, 3.05) is 4.72 Å². The van der Waals surface area contributed by atoms with Crippen LogP contribution in [-0.4, -0.2) is 28.7 Å². The van der Waals surface area contributed by atoms with E-state index in [1.807, 2.05) is 0 Å². The molecule has 0 aliphatic carbocycles. The van der Waals surface area contributed by atoms with E-state index in [1.54, 1.807) is 38.1 Å². The van der Waals surface area contributed by atoms with E-state index >= 15 is 0 Å². The number of aryl methyl sites for hydroxylation is 2. The zero-order valence-electron chi connectivity index (χ0n) is 11.7. The summed E-state index contributed by atoms with van der Waals surface area (Å²) < 4.78 is 26.4. The maximum Gasteiger partial charge on any atom is 0.256 e. The molecule has 0 saturated heterocycles. The van der Waals surface area contributed by atoms with Crippen LogP contribution in [0.4, 0.5) is 5.95 Å². The molecule has 0 bridgehead atoms. The van der Waals surface area contributed by atoms with Crippen LogP contribution in [0.1, 0.15) is 22.5 Å². The lowest BCUT2D eigenvalue weighted by molar-refractivity contribution is 0.282. The summed E-state index contributed by atoms with van der Waals surface area (Å²) in [5.41, 5.74) is 2.61. The van der Waals surface area contributed by atoms with Gasteiger partial charge in [-0.15, -0.1) is 5.10 Å². The number of hydrogen-bond donors (Lipinski definition) is 2. The Morgan fingerprint density at radius 2 is 1.67 bits per heavy atom. The van der Waals surface area contributed by atoms with Crippen molar-refractivity contribution >= 4 is 16.0 Å². The molecule has 0 amide bonds. The Kier molecular flexibility index (Phi) is 4.49. The number of nitrogens with one attached hydrogen (secondary N) is 1. The summed E-state index contributed by atoms with van der Waals surface area (Å²) in [5, 5.41) is 16.5. The van der Waals surface area contributed by atoms with Crippen molar-refractivity contribution in [3.63, 3.8) is 0 Å². The fraction of sp³-hybridized carbons (Fsp3) is 0.308. The van der Waals surface area contributed by atoms with Crippen LogP contribution in [0.3, 0.4) is 0 Å². The van der Waals surface area contributed by atoms with Gasteiger partial charge in [-0.05, 0) is 25.0 Å². The molecule has 112 valence electrons. The van der Waals surface area contributed by atoms with Crippen LogP contribution in [0.2, 0.25) is 0 Å². The molecule has 0 spiro atoms. The number of rotatable bonds is 5. The van der Waals surface area contributed by atoms with Crippen LogP contribution in [-0.2, 0) is 22.4 Å². The second-order valence-corrected chi connectivity index (χ2v) is 6.36. The molecular formula is C13H16N4O3S. The molecule has 2 rings (SSSR count). The monoisotopic (exact) mass is 308 g/mol. The van der Waals surface area contributed by atoms with Crippen molar-refractivity contribution in [2.45, 2.75) is 26.2 Å². The molecule has 7 nitrogen and oxygen atoms in total. The Bertz CT molecular complexity index is 730. The SMILES string of the molecule is Cc1nnc(NS(=O)(=O)Cc2ccc(CO)cc2)nc1C. The van der Waals surface area contributed by atoms with Gasteiger partial charge in [0, 0.05) is 0 Å². The second kappa shape index (κ2) is 6.15. The molecule has 1 aromatic carbocycles. The Balaban J connectivity index is 2.12. The number of aliphatic hydroxyl groups is 1. The molecule has 0 fully saturated rings. The number of aliphatic hydroxyl groups excluding tert-OH is 1. The lowest BCUT2D eigenvalue weighted by Gasteiger charge is -2.07. The predicted octanol–water partition coefficient (Wildman–Crippen LogP) is 0.923. The summed E-state index contributed by atoms with van der Waals surface area (Å²) >= 11 is 0. The van der Waals surface area contributed by atoms with Crippen LogP contribution in [0.25, 0.3) is 0 Å². The summed E-state index contributed by atoms with van der Waals surface area (Å²) in [4.78, 5) is 4.03. The molecule has 0 unspecified atom stereocenters. The van der Waals surface area contributed by atoms with Crippen LogP contribution >= 0.6 is 0 Å².